The molecule has 0 aliphatic heterocycles. The maximum Gasteiger partial charge on any atom is 1.00 e. The van der Waals surface area contributed by atoms with Crippen LogP contribution in [0.1, 0.15) is 0 Å². The minimum atomic E-state index is -1.69. The monoisotopic (exact) mass is 152 g/mol. The summed E-state index contributed by atoms with van der Waals surface area (Å²) in [6.45, 7) is 0. The van der Waals surface area contributed by atoms with Crippen molar-refractivity contribution < 1.29 is 71.2 Å². The molecule has 0 saturated heterocycles. The van der Waals surface area contributed by atoms with Crippen LogP contribution in [0.15, 0.2) is 0 Å². The zero-order chi connectivity index (χ0) is 6.57. The molecule has 0 aromatic heterocycles. The fraction of sp³-hybridized carbons (Fsp3) is 0. The Kier molecular flexibility index (Phi) is 8.26. The second-order valence-corrected chi connectivity index (χ2v) is 0.843. The number of aliphatic carboxylic acids is 2. The van der Waals surface area contributed by atoms with Gasteiger partial charge >= 0.3 is 57.4 Å². The maximum atomic E-state index is 9.44. The number of carboxylic acid groups (broad SMARTS) is 2. The molecule has 0 spiro atoms. The van der Waals surface area contributed by atoms with Crippen LogP contribution >= 0.6 is 0 Å². The topological polar surface area (TPSA) is 77.4 Å². The fourth-order valence-corrected chi connectivity index (χ4v) is 0.104. The second kappa shape index (κ2) is 6.26. The average Bonchev–Trinajstić information content (AvgIpc) is 1.61. The van der Waals surface area contributed by atoms with E-state index in [1.807, 2.05) is 0 Å². The Morgan fingerprint density at radius 2 is 1.78 bits per heavy atom. The molecule has 0 aromatic rings. The Labute approximate surface area is 93.7 Å². The summed E-state index contributed by atoms with van der Waals surface area (Å²) in [6.07, 6.45) is 0. The predicted octanol–water partition coefficient (Wildman–Crippen LogP) is -5.17. The van der Waals surface area contributed by atoms with Crippen LogP contribution in [-0.2, 0) is 9.59 Å². The van der Waals surface area contributed by atoms with Crippen molar-refractivity contribution in [1.29, 1.82) is 0 Å². The molecule has 1 N–H and O–H groups in total. The molecule has 0 unspecified atom stereocenters. The molecule has 0 fully saturated rings. The number of rotatable bonds is 0. The predicted molar refractivity (Wildman–Crippen MR) is 20.4 cm³/mol. The van der Waals surface area contributed by atoms with Gasteiger partial charge in [-0.3, -0.25) is 0 Å². The van der Waals surface area contributed by atoms with Gasteiger partial charge in [-0.1, -0.05) is 0 Å². The number of hydrogen-bond donors (Lipinski definition) is 1. The molecule has 0 atom stereocenters. The third kappa shape index (κ3) is 11.6. The molecule has 0 aromatic carbocycles. The summed E-state index contributed by atoms with van der Waals surface area (Å²) in [5.74, 6) is -0.515. The van der Waals surface area contributed by atoms with Gasteiger partial charge in [0, 0.05) is 5.92 Å². The third-order valence-corrected chi connectivity index (χ3v) is 0.271. The van der Waals surface area contributed by atoms with Crippen LogP contribution in [0.25, 0.3) is 0 Å². The Morgan fingerprint density at radius 1 is 1.33 bits per heavy atom. The van der Waals surface area contributed by atoms with Crippen molar-refractivity contribution >= 4 is 11.9 Å². The quantitative estimate of drug-likeness (QED) is 0.278. The molecule has 0 radical (unpaired) electrons. The summed E-state index contributed by atoms with van der Waals surface area (Å²) in [4.78, 5) is 18.8. The first-order valence-corrected chi connectivity index (χ1v) is 1.59. The van der Waals surface area contributed by atoms with E-state index >= 15 is 0 Å². The molecule has 0 saturated carbocycles. The van der Waals surface area contributed by atoms with Crippen molar-refractivity contribution in [3.05, 3.63) is 0 Å². The molecule has 0 aliphatic rings. The largest absolute Gasteiger partial charge is 1.00 e. The molecule has 0 aliphatic carbocycles. The summed E-state index contributed by atoms with van der Waals surface area (Å²) in [5, 5.41) is 17.1. The Balaban J connectivity index is 0. The molecule has 42 valence electrons. The normalized spacial score (nSPS) is 5.78. The molecular formula is C4HKO4. The number of carboxylic acids is 2. The van der Waals surface area contributed by atoms with Crippen LogP contribution in [-0.4, -0.2) is 17.0 Å². The van der Waals surface area contributed by atoms with Gasteiger partial charge in [0.15, 0.2) is 0 Å². The first kappa shape index (κ1) is 11.9. The van der Waals surface area contributed by atoms with Crippen LogP contribution in [0.4, 0.5) is 0 Å². The van der Waals surface area contributed by atoms with Gasteiger partial charge in [0.05, 0.1) is 0 Å². The van der Waals surface area contributed by atoms with E-state index in [-0.39, 0.29) is 51.4 Å². The van der Waals surface area contributed by atoms with Gasteiger partial charge in [0.25, 0.3) is 0 Å². The smallest absolute Gasteiger partial charge is 0.537 e. The molecule has 0 amide bonds. The van der Waals surface area contributed by atoms with Gasteiger partial charge in [0.2, 0.25) is 0 Å². The van der Waals surface area contributed by atoms with Gasteiger partial charge in [-0.15, -0.1) is 0 Å². The van der Waals surface area contributed by atoms with E-state index in [1.165, 1.54) is 11.8 Å². The van der Waals surface area contributed by atoms with Crippen molar-refractivity contribution in [3.8, 4) is 11.8 Å². The zero-order valence-corrected chi connectivity index (χ0v) is 7.80. The minimum Gasteiger partial charge on any atom is -0.537 e. The van der Waals surface area contributed by atoms with Crippen LogP contribution in [0.2, 0.25) is 0 Å². The Bertz CT molecular complexity index is 157. The third-order valence-electron chi connectivity index (χ3n) is 0.271. The number of carbonyl (C=O) groups is 2. The maximum absolute atomic E-state index is 9.44. The number of hydrogen-bond acceptors (Lipinski definition) is 3. The molecule has 5 heteroatoms. The fourth-order valence-electron chi connectivity index (χ4n) is 0.104. The van der Waals surface area contributed by atoms with E-state index in [4.69, 9.17) is 5.11 Å². The first-order valence-electron chi connectivity index (χ1n) is 1.59. The summed E-state index contributed by atoms with van der Waals surface area (Å²) < 4.78 is 0. The molecule has 0 bridgehead atoms. The van der Waals surface area contributed by atoms with Gasteiger partial charge < -0.3 is 15.0 Å². The van der Waals surface area contributed by atoms with Crippen molar-refractivity contribution in [2.24, 2.45) is 0 Å². The van der Waals surface area contributed by atoms with E-state index < -0.39 is 11.9 Å². The van der Waals surface area contributed by atoms with E-state index in [9.17, 15) is 14.7 Å². The zero-order valence-electron chi connectivity index (χ0n) is 4.67. The van der Waals surface area contributed by atoms with E-state index in [0.29, 0.717) is 0 Å². The van der Waals surface area contributed by atoms with Crippen molar-refractivity contribution in [3.63, 3.8) is 0 Å². The summed E-state index contributed by atoms with van der Waals surface area (Å²) in [6, 6.07) is 0. The number of carbonyl (C=O) groups excluding carboxylic acids is 1. The van der Waals surface area contributed by atoms with Crippen LogP contribution < -0.4 is 56.5 Å². The molecule has 0 heterocycles. The molecule has 9 heavy (non-hydrogen) atoms. The van der Waals surface area contributed by atoms with Gasteiger partial charge in [-0.05, 0) is 5.92 Å². The molecule has 4 nitrogen and oxygen atoms in total. The average molecular weight is 152 g/mol. The summed E-state index contributed by atoms with van der Waals surface area (Å²) >= 11 is 0. The Hall–Kier alpha value is 0.136. The minimum absolute atomic E-state index is 0. The summed E-state index contributed by atoms with van der Waals surface area (Å²) in [7, 11) is 0. The Morgan fingerprint density at radius 3 is 1.89 bits per heavy atom. The molecular weight excluding hydrogens is 151 g/mol. The van der Waals surface area contributed by atoms with Crippen molar-refractivity contribution in [1.82, 2.24) is 0 Å². The van der Waals surface area contributed by atoms with E-state index in [2.05, 4.69) is 0 Å². The van der Waals surface area contributed by atoms with Crippen molar-refractivity contribution in [2.75, 3.05) is 0 Å². The second-order valence-electron chi connectivity index (χ2n) is 0.843. The van der Waals surface area contributed by atoms with Crippen molar-refractivity contribution in [2.45, 2.75) is 0 Å². The van der Waals surface area contributed by atoms with E-state index in [1.54, 1.807) is 0 Å². The van der Waals surface area contributed by atoms with Gasteiger partial charge in [-0.25, -0.2) is 4.79 Å². The molecule has 0 rings (SSSR count). The standard InChI is InChI=1S/C4H2O4.K/c5-3(6)1-2-4(7)8;/h(H,5,6)(H,7,8);/q;+1/p-1. The van der Waals surface area contributed by atoms with Crippen LogP contribution in [0.5, 0.6) is 0 Å². The first-order chi connectivity index (χ1) is 3.63. The van der Waals surface area contributed by atoms with E-state index in [0.717, 1.165) is 0 Å². The SMILES string of the molecule is O=C([O-])C#CC(=O)O.[K+]. The van der Waals surface area contributed by atoms with Crippen LogP contribution in [0, 0.1) is 11.8 Å². The van der Waals surface area contributed by atoms with Gasteiger partial charge in [0.1, 0.15) is 5.97 Å². The van der Waals surface area contributed by atoms with Gasteiger partial charge in [-0.2, -0.15) is 0 Å². The van der Waals surface area contributed by atoms with Crippen LogP contribution in [0.3, 0.4) is 0 Å². The summed E-state index contributed by atoms with van der Waals surface area (Å²) in [5.41, 5.74) is 0.